The number of hydrogen-bond acceptors (Lipinski definition) is 3. The van der Waals surface area contributed by atoms with Gasteiger partial charge in [0.25, 0.3) is 0 Å². The molecule has 2 saturated carbocycles. The quantitative estimate of drug-likeness (QED) is 0.565. The van der Waals surface area contributed by atoms with Crippen LogP contribution in [0.15, 0.2) is 23.8 Å². The number of esters is 1. The van der Waals surface area contributed by atoms with Crippen molar-refractivity contribution in [3.05, 3.63) is 23.8 Å². The number of hydrogen-bond donors (Lipinski definition) is 0. The Hall–Kier alpha value is -1.38. The van der Waals surface area contributed by atoms with Gasteiger partial charge in [-0.05, 0) is 47.5 Å². The van der Waals surface area contributed by atoms with E-state index in [-0.39, 0.29) is 28.5 Å². The summed E-state index contributed by atoms with van der Waals surface area (Å²) >= 11 is 0. The van der Waals surface area contributed by atoms with Gasteiger partial charge in [-0.3, -0.25) is 4.79 Å². The summed E-state index contributed by atoms with van der Waals surface area (Å²) in [4.78, 5) is 24.2. The first-order valence-electron chi connectivity index (χ1n) is 8.84. The average molecular weight is 316 g/mol. The first kappa shape index (κ1) is 16.5. The minimum atomic E-state index is -0.191. The summed E-state index contributed by atoms with van der Waals surface area (Å²) < 4.78 is 5.02. The van der Waals surface area contributed by atoms with Crippen molar-refractivity contribution in [3.63, 3.8) is 0 Å². The van der Waals surface area contributed by atoms with Crippen LogP contribution in [0.25, 0.3) is 0 Å². The Kier molecular flexibility index (Phi) is 4.02. The second kappa shape index (κ2) is 5.61. The minimum Gasteiger partial charge on any atom is -0.462 e. The van der Waals surface area contributed by atoms with Gasteiger partial charge >= 0.3 is 5.97 Å². The normalized spacial score (nSPS) is 38.6. The lowest BCUT2D eigenvalue weighted by Gasteiger charge is -2.57. The van der Waals surface area contributed by atoms with Crippen LogP contribution in [0.3, 0.4) is 0 Å². The molecule has 1 saturated heterocycles. The van der Waals surface area contributed by atoms with Crippen molar-refractivity contribution >= 4 is 11.8 Å². The highest BCUT2D eigenvalue weighted by Crippen LogP contribution is 2.60. The molecule has 1 heterocycles. The van der Waals surface area contributed by atoms with Gasteiger partial charge in [0.15, 0.2) is 5.78 Å². The summed E-state index contributed by atoms with van der Waals surface area (Å²) in [6.45, 7) is 11.6. The van der Waals surface area contributed by atoms with Crippen LogP contribution < -0.4 is 0 Å². The highest BCUT2D eigenvalue weighted by atomic mass is 16.5. The van der Waals surface area contributed by atoms with E-state index in [0.29, 0.717) is 25.4 Å². The van der Waals surface area contributed by atoms with Crippen LogP contribution in [-0.4, -0.2) is 18.4 Å². The predicted molar refractivity (Wildman–Crippen MR) is 89.8 cm³/mol. The van der Waals surface area contributed by atoms with Crippen LogP contribution in [-0.2, 0) is 14.3 Å². The van der Waals surface area contributed by atoms with E-state index >= 15 is 0 Å². The van der Waals surface area contributed by atoms with E-state index in [0.717, 1.165) is 24.0 Å². The number of ether oxygens (including phenoxy) is 1. The molecule has 0 spiro atoms. The fourth-order valence-corrected chi connectivity index (χ4v) is 5.31. The zero-order valence-corrected chi connectivity index (χ0v) is 14.6. The fourth-order valence-electron chi connectivity index (χ4n) is 5.31. The molecule has 3 rings (SSSR count). The number of ketones is 1. The maximum atomic E-state index is 12.5. The van der Waals surface area contributed by atoms with E-state index in [2.05, 4.69) is 27.4 Å². The second-order valence-electron chi connectivity index (χ2n) is 8.46. The SMILES string of the molecule is C=C1C(=O)C[C@H]2C(C)(C)CCC[C@]2(C)[C@H]1C/C=C1\CCOC1=O. The smallest absolute Gasteiger partial charge is 0.333 e. The van der Waals surface area contributed by atoms with Gasteiger partial charge in [0.1, 0.15) is 0 Å². The molecule has 0 N–H and O–H groups in total. The summed E-state index contributed by atoms with van der Waals surface area (Å²) in [5.41, 5.74) is 1.84. The number of rotatable bonds is 2. The Balaban J connectivity index is 1.91. The van der Waals surface area contributed by atoms with Crippen molar-refractivity contribution in [1.82, 2.24) is 0 Å². The van der Waals surface area contributed by atoms with Crippen molar-refractivity contribution in [1.29, 1.82) is 0 Å². The maximum absolute atomic E-state index is 12.5. The molecule has 1 aliphatic heterocycles. The van der Waals surface area contributed by atoms with E-state index in [1.165, 1.54) is 12.8 Å². The van der Waals surface area contributed by atoms with Gasteiger partial charge in [0.05, 0.1) is 6.61 Å². The number of Topliss-reactive ketones (excluding diaryl/α,β-unsaturated/α-hetero) is 1. The number of cyclic esters (lactones) is 1. The standard InChI is InChI=1S/C20H28O3/c1-13-15(7-6-14-8-11-23-18(14)22)20(4)10-5-9-19(2,3)17(20)12-16(13)21/h6,15,17H,1,5,7-12H2,2-4H3/b14-6+/t15-,17-,20+/m0/s1. The zero-order chi connectivity index (χ0) is 16.8. The first-order valence-corrected chi connectivity index (χ1v) is 8.84. The van der Waals surface area contributed by atoms with Gasteiger partial charge in [-0.25, -0.2) is 4.79 Å². The topological polar surface area (TPSA) is 43.4 Å². The second-order valence-corrected chi connectivity index (χ2v) is 8.46. The Morgan fingerprint density at radius 3 is 2.65 bits per heavy atom. The molecule has 126 valence electrons. The molecule has 3 fully saturated rings. The Labute approximate surface area is 139 Å². The van der Waals surface area contributed by atoms with Gasteiger partial charge in [-0.1, -0.05) is 39.8 Å². The summed E-state index contributed by atoms with van der Waals surface area (Å²) in [5, 5.41) is 0. The lowest BCUT2D eigenvalue weighted by atomic mass is 9.47. The van der Waals surface area contributed by atoms with E-state index in [1.54, 1.807) is 0 Å². The Morgan fingerprint density at radius 1 is 1.26 bits per heavy atom. The maximum Gasteiger partial charge on any atom is 0.333 e. The zero-order valence-electron chi connectivity index (χ0n) is 14.6. The highest BCUT2D eigenvalue weighted by molar-refractivity contribution is 5.96. The Bertz CT molecular complexity index is 584. The van der Waals surface area contributed by atoms with Crippen LogP contribution in [0.2, 0.25) is 0 Å². The number of allylic oxidation sites excluding steroid dienone is 2. The number of carbonyl (C=O) groups is 2. The minimum absolute atomic E-state index is 0.103. The fraction of sp³-hybridized carbons (Fsp3) is 0.700. The van der Waals surface area contributed by atoms with Gasteiger partial charge in [0, 0.05) is 18.4 Å². The summed E-state index contributed by atoms with van der Waals surface area (Å²) in [7, 11) is 0. The van der Waals surface area contributed by atoms with Crippen molar-refractivity contribution in [2.75, 3.05) is 6.61 Å². The number of carbonyl (C=O) groups excluding carboxylic acids is 2. The molecular weight excluding hydrogens is 288 g/mol. The highest BCUT2D eigenvalue weighted by Gasteiger charge is 2.54. The molecule has 0 aromatic rings. The van der Waals surface area contributed by atoms with Crippen molar-refractivity contribution in [3.8, 4) is 0 Å². The van der Waals surface area contributed by atoms with E-state index in [4.69, 9.17) is 4.74 Å². The van der Waals surface area contributed by atoms with Gasteiger partial charge in [-0.15, -0.1) is 0 Å². The average Bonchev–Trinajstić information content (AvgIpc) is 2.87. The van der Waals surface area contributed by atoms with Crippen LogP contribution in [0.4, 0.5) is 0 Å². The largest absolute Gasteiger partial charge is 0.462 e. The summed E-state index contributed by atoms with van der Waals surface area (Å²) in [6.07, 6.45) is 7.61. The molecule has 3 nitrogen and oxygen atoms in total. The molecular formula is C20H28O3. The third-order valence-corrected chi connectivity index (χ3v) is 6.71. The monoisotopic (exact) mass is 316 g/mol. The van der Waals surface area contributed by atoms with Gasteiger partial charge < -0.3 is 4.74 Å². The van der Waals surface area contributed by atoms with Crippen LogP contribution in [0.1, 0.15) is 59.3 Å². The molecule has 2 aliphatic carbocycles. The third kappa shape index (κ3) is 2.68. The lowest BCUT2D eigenvalue weighted by Crippen LogP contribution is -2.51. The predicted octanol–water partition coefficient (Wildman–Crippen LogP) is 4.23. The lowest BCUT2D eigenvalue weighted by molar-refractivity contribution is -0.135. The molecule has 0 bridgehead atoms. The molecule has 3 heteroatoms. The van der Waals surface area contributed by atoms with Gasteiger partial charge in [0.2, 0.25) is 0 Å². The molecule has 0 aromatic carbocycles. The van der Waals surface area contributed by atoms with E-state index < -0.39 is 0 Å². The molecule has 0 radical (unpaired) electrons. The van der Waals surface area contributed by atoms with E-state index in [9.17, 15) is 9.59 Å². The van der Waals surface area contributed by atoms with Gasteiger partial charge in [-0.2, -0.15) is 0 Å². The molecule has 0 unspecified atom stereocenters. The summed E-state index contributed by atoms with van der Waals surface area (Å²) in [6, 6.07) is 0. The molecule has 0 aromatic heterocycles. The number of fused-ring (bicyclic) bond motifs is 1. The molecule has 3 aliphatic rings. The molecule has 0 amide bonds. The molecule has 23 heavy (non-hydrogen) atoms. The van der Waals surface area contributed by atoms with Crippen LogP contribution in [0.5, 0.6) is 0 Å². The van der Waals surface area contributed by atoms with Crippen molar-refractivity contribution in [2.45, 2.75) is 59.3 Å². The first-order chi connectivity index (χ1) is 10.8. The summed E-state index contributed by atoms with van der Waals surface area (Å²) in [5.74, 6) is 0.582. The van der Waals surface area contributed by atoms with Crippen molar-refractivity contribution < 1.29 is 14.3 Å². The van der Waals surface area contributed by atoms with Crippen molar-refractivity contribution in [2.24, 2.45) is 22.7 Å². The van der Waals surface area contributed by atoms with Crippen LogP contribution >= 0.6 is 0 Å². The van der Waals surface area contributed by atoms with Crippen LogP contribution in [0, 0.1) is 22.7 Å². The van der Waals surface area contributed by atoms with E-state index in [1.807, 2.05) is 6.08 Å². The third-order valence-electron chi connectivity index (χ3n) is 6.71. The molecule has 3 atom stereocenters. The Morgan fingerprint density at radius 2 is 2.00 bits per heavy atom.